The van der Waals surface area contributed by atoms with E-state index in [9.17, 15) is 18.0 Å². The Labute approximate surface area is 84.9 Å². The molecule has 0 aromatic carbocycles. The van der Waals surface area contributed by atoms with E-state index in [-0.39, 0.29) is 0 Å². The van der Waals surface area contributed by atoms with Gasteiger partial charge in [0.05, 0.1) is 12.1 Å². The Morgan fingerprint density at radius 3 is 2.60 bits per heavy atom. The van der Waals surface area contributed by atoms with Gasteiger partial charge in [-0.2, -0.15) is 18.3 Å². The number of hydrogen-bond acceptors (Lipinski definition) is 2. The highest BCUT2D eigenvalue weighted by atomic mass is 19.4. The van der Waals surface area contributed by atoms with Crippen molar-refractivity contribution in [2.24, 2.45) is 0 Å². The van der Waals surface area contributed by atoms with E-state index >= 15 is 0 Å². The fourth-order valence-electron chi connectivity index (χ4n) is 1.28. The smallest absolute Gasteiger partial charge is 0.289 e. The third-order valence-electron chi connectivity index (χ3n) is 1.94. The van der Waals surface area contributed by atoms with E-state index in [4.69, 9.17) is 0 Å². The van der Waals surface area contributed by atoms with Crippen LogP contribution in [0.25, 0.3) is 0 Å². The van der Waals surface area contributed by atoms with E-state index in [0.29, 0.717) is 17.9 Å². The number of Topliss-reactive ketones (excluding diaryl/α,β-unsaturated/α-hetero) is 1. The van der Waals surface area contributed by atoms with Crippen LogP contribution in [-0.2, 0) is 17.8 Å². The van der Waals surface area contributed by atoms with Crippen LogP contribution in [-0.4, -0.2) is 21.7 Å². The molecule has 1 heterocycles. The minimum atomic E-state index is -4.77. The number of halogens is 3. The number of carbonyl (C=O) groups excluding carboxylic acids is 1. The molecule has 0 amide bonds. The minimum Gasteiger partial charge on any atom is -0.289 e. The molecule has 1 aromatic heterocycles. The number of hydrogen-bond donors (Lipinski definition) is 0. The molecular formula is C9H11F3N2O. The van der Waals surface area contributed by atoms with Gasteiger partial charge in [-0.25, -0.2) is 0 Å². The van der Waals surface area contributed by atoms with Crippen LogP contribution in [0.5, 0.6) is 0 Å². The number of carbonyl (C=O) groups is 1. The zero-order chi connectivity index (χ0) is 11.6. The molecule has 0 bridgehead atoms. The van der Waals surface area contributed by atoms with Crippen LogP contribution in [0, 0.1) is 6.92 Å². The monoisotopic (exact) mass is 220 g/mol. The Kier molecular flexibility index (Phi) is 3.16. The number of aromatic nitrogens is 2. The number of ketones is 1. The fraction of sp³-hybridized carbons (Fsp3) is 0.556. The van der Waals surface area contributed by atoms with Crippen molar-refractivity contribution in [1.82, 2.24) is 9.78 Å². The first-order valence-electron chi connectivity index (χ1n) is 4.48. The molecule has 84 valence electrons. The highest BCUT2D eigenvalue weighted by Crippen LogP contribution is 2.19. The molecule has 0 unspecified atom stereocenters. The second kappa shape index (κ2) is 4.04. The summed E-state index contributed by atoms with van der Waals surface area (Å²) < 4.78 is 37.4. The molecule has 15 heavy (non-hydrogen) atoms. The van der Waals surface area contributed by atoms with Crippen molar-refractivity contribution in [2.45, 2.75) is 33.0 Å². The van der Waals surface area contributed by atoms with E-state index in [0.717, 1.165) is 0 Å². The van der Waals surface area contributed by atoms with Crippen molar-refractivity contribution in [3.05, 3.63) is 17.5 Å². The van der Waals surface area contributed by atoms with Crippen LogP contribution in [0.15, 0.2) is 6.07 Å². The molecule has 3 nitrogen and oxygen atoms in total. The van der Waals surface area contributed by atoms with E-state index in [1.54, 1.807) is 13.8 Å². The van der Waals surface area contributed by atoms with Gasteiger partial charge in [-0.3, -0.25) is 9.48 Å². The molecule has 0 saturated heterocycles. The van der Waals surface area contributed by atoms with E-state index in [1.807, 2.05) is 0 Å². The van der Waals surface area contributed by atoms with Gasteiger partial charge in [-0.1, -0.05) is 0 Å². The number of alkyl halides is 3. The second-order valence-electron chi connectivity index (χ2n) is 3.19. The zero-order valence-electron chi connectivity index (χ0n) is 8.43. The van der Waals surface area contributed by atoms with Crippen LogP contribution in [0.1, 0.15) is 18.3 Å². The first kappa shape index (κ1) is 11.7. The Bertz CT molecular complexity index is 368. The number of rotatable bonds is 3. The molecule has 0 fully saturated rings. The van der Waals surface area contributed by atoms with Crippen LogP contribution < -0.4 is 0 Å². The van der Waals surface area contributed by atoms with Crippen LogP contribution in [0.4, 0.5) is 13.2 Å². The summed E-state index contributed by atoms with van der Waals surface area (Å²) in [7, 11) is 0. The van der Waals surface area contributed by atoms with Crippen molar-refractivity contribution < 1.29 is 18.0 Å². The van der Waals surface area contributed by atoms with Gasteiger partial charge in [0.15, 0.2) is 0 Å². The summed E-state index contributed by atoms with van der Waals surface area (Å²) in [6.45, 7) is 3.88. The minimum absolute atomic E-state index is 0.303. The first-order valence-corrected chi connectivity index (χ1v) is 4.48. The van der Waals surface area contributed by atoms with Gasteiger partial charge in [0.25, 0.3) is 0 Å². The average Bonchev–Trinajstić information content (AvgIpc) is 2.44. The lowest BCUT2D eigenvalue weighted by molar-refractivity contribution is -0.170. The average molecular weight is 220 g/mol. The van der Waals surface area contributed by atoms with Crippen LogP contribution in [0.2, 0.25) is 0 Å². The van der Waals surface area contributed by atoms with Crippen molar-refractivity contribution in [1.29, 1.82) is 0 Å². The Balaban J connectivity index is 2.85. The predicted molar refractivity (Wildman–Crippen MR) is 47.4 cm³/mol. The normalized spacial score (nSPS) is 11.8. The van der Waals surface area contributed by atoms with Crippen LogP contribution >= 0.6 is 0 Å². The summed E-state index contributed by atoms with van der Waals surface area (Å²) in [5, 5.41) is 3.96. The molecule has 0 aliphatic heterocycles. The first-order chi connectivity index (χ1) is 6.84. The van der Waals surface area contributed by atoms with E-state index in [2.05, 4.69) is 5.10 Å². The topological polar surface area (TPSA) is 34.9 Å². The predicted octanol–water partition coefficient (Wildman–Crippen LogP) is 1.89. The standard InChI is InChI=1S/C9H11F3N2O/c1-3-14-7(4-6(2)13-14)5-8(15)9(10,11)12/h4H,3,5H2,1-2H3. The molecule has 0 spiro atoms. The zero-order valence-corrected chi connectivity index (χ0v) is 8.43. The third-order valence-corrected chi connectivity index (χ3v) is 1.94. The van der Waals surface area contributed by atoms with E-state index < -0.39 is 18.4 Å². The van der Waals surface area contributed by atoms with Crippen molar-refractivity contribution in [3.8, 4) is 0 Å². The fourth-order valence-corrected chi connectivity index (χ4v) is 1.28. The number of nitrogens with zero attached hydrogens (tertiary/aromatic N) is 2. The summed E-state index contributed by atoms with van der Waals surface area (Å²) in [5.74, 6) is -1.74. The molecular weight excluding hydrogens is 209 g/mol. The maximum atomic E-state index is 12.0. The lowest BCUT2D eigenvalue weighted by Gasteiger charge is -2.06. The highest BCUT2D eigenvalue weighted by Gasteiger charge is 2.38. The molecule has 0 aliphatic rings. The molecule has 6 heteroatoms. The van der Waals surface area contributed by atoms with Crippen LogP contribution in [0.3, 0.4) is 0 Å². The molecule has 0 N–H and O–H groups in total. The molecule has 1 rings (SSSR count). The molecule has 1 aromatic rings. The summed E-state index contributed by atoms with van der Waals surface area (Å²) in [4.78, 5) is 10.7. The van der Waals surface area contributed by atoms with Gasteiger partial charge < -0.3 is 0 Å². The molecule has 0 saturated carbocycles. The van der Waals surface area contributed by atoms with Gasteiger partial charge in [0.2, 0.25) is 5.78 Å². The summed E-state index contributed by atoms with van der Waals surface area (Å²) in [6, 6.07) is 1.49. The van der Waals surface area contributed by atoms with E-state index in [1.165, 1.54) is 10.7 Å². The van der Waals surface area contributed by atoms with Gasteiger partial charge in [0, 0.05) is 12.2 Å². The SMILES string of the molecule is CCn1nc(C)cc1CC(=O)C(F)(F)F. The van der Waals surface area contributed by atoms with Gasteiger partial charge in [0.1, 0.15) is 0 Å². The Hall–Kier alpha value is -1.33. The summed E-state index contributed by atoms with van der Waals surface area (Å²) >= 11 is 0. The third kappa shape index (κ3) is 2.81. The quantitative estimate of drug-likeness (QED) is 0.779. The molecule has 0 aliphatic carbocycles. The largest absolute Gasteiger partial charge is 0.450 e. The van der Waals surface area contributed by atoms with Crippen molar-refractivity contribution >= 4 is 5.78 Å². The maximum absolute atomic E-state index is 12.0. The second-order valence-corrected chi connectivity index (χ2v) is 3.19. The van der Waals surface area contributed by atoms with Gasteiger partial charge in [-0.05, 0) is 19.9 Å². The lowest BCUT2D eigenvalue weighted by atomic mass is 10.2. The van der Waals surface area contributed by atoms with Crippen molar-refractivity contribution in [2.75, 3.05) is 0 Å². The Morgan fingerprint density at radius 1 is 1.53 bits per heavy atom. The maximum Gasteiger partial charge on any atom is 0.450 e. The molecule has 0 atom stereocenters. The van der Waals surface area contributed by atoms with Gasteiger partial charge >= 0.3 is 6.18 Å². The summed E-state index contributed by atoms with van der Waals surface area (Å²) in [6.07, 6.45) is -5.41. The highest BCUT2D eigenvalue weighted by molar-refractivity contribution is 5.85. The molecule has 0 radical (unpaired) electrons. The lowest BCUT2D eigenvalue weighted by Crippen LogP contribution is -2.25. The Morgan fingerprint density at radius 2 is 2.13 bits per heavy atom. The number of aryl methyl sites for hydroxylation is 2. The van der Waals surface area contributed by atoms with Gasteiger partial charge in [-0.15, -0.1) is 0 Å². The summed E-state index contributed by atoms with van der Waals surface area (Å²) in [5.41, 5.74) is 0.916. The van der Waals surface area contributed by atoms with Crippen molar-refractivity contribution in [3.63, 3.8) is 0 Å².